The van der Waals surface area contributed by atoms with Gasteiger partial charge in [0.25, 0.3) is 5.69 Å². The molecule has 0 atom stereocenters. The molecule has 2 aromatic rings. The molecular weight excluding hydrogens is 312 g/mol. The van der Waals surface area contributed by atoms with Crippen molar-refractivity contribution >= 4 is 21.6 Å². The number of nitro benzene ring substituents is 1. The van der Waals surface area contributed by atoms with E-state index in [1.54, 1.807) is 16.9 Å². The zero-order valence-corrected chi connectivity index (χ0v) is 11.9. The van der Waals surface area contributed by atoms with Crippen molar-refractivity contribution in [2.24, 2.45) is 7.05 Å². The van der Waals surface area contributed by atoms with Crippen molar-refractivity contribution in [2.75, 3.05) is 0 Å². The minimum atomic E-state index is -0.393. The van der Waals surface area contributed by atoms with Gasteiger partial charge in [-0.1, -0.05) is 15.9 Å². The summed E-state index contributed by atoms with van der Waals surface area (Å²) in [6.45, 7) is 1.24. The van der Waals surface area contributed by atoms with Gasteiger partial charge in [0.1, 0.15) is 0 Å². The van der Waals surface area contributed by atoms with E-state index in [1.807, 2.05) is 19.3 Å². The second-order valence-corrected chi connectivity index (χ2v) is 5.12. The van der Waals surface area contributed by atoms with Crippen LogP contribution in [0, 0.1) is 10.1 Å². The van der Waals surface area contributed by atoms with Crippen molar-refractivity contribution in [3.63, 3.8) is 0 Å². The van der Waals surface area contributed by atoms with Crippen LogP contribution in [-0.4, -0.2) is 14.7 Å². The summed E-state index contributed by atoms with van der Waals surface area (Å²) in [6, 6.07) is 4.93. The summed E-state index contributed by atoms with van der Waals surface area (Å²) in [4.78, 5) is 10.4. The van der Waals surface area contributed by atoms with Crippen molar-refractivity contribution in [3.8, 4) is 0 Å². The molecule has 0 amide bonds. The predicted molar refractivity (Wildman–Crippen MR) is 74.5 cm³/mol. The van der Waals surface area contributed by atoms with Gasteiger partial charge < -0.3 is 5.32 Å². The van der Waals surface area contributed by atoms with E-state index in [4.69, 9.17) is 0 Å². The number of aromatic nitrogens is 2. The van der Waals surface area contributed by atoms with Crippen molar-refractivity contribution in [1.29, 1.82) is 0 Å². The highest BCUT2D eigenvalue weighted by Crippen LogP contribution is 2.21. The van der Waals surface area contributed by atoms with Gasteiger partial charge in [-0.15, -0.1) is 0 Å². The summed E-state index contributed by atoms with van der Waals surface area (Å²) < 4.78 is 2.45. The number of non-ortho nitro benzene ring substituents is 1. The fourth-order valence-corrected chi connectivity index (χ4v) is 2.28. The van der Waals surface area contributed by atoms with Gasteiger partial charge in [-0.05, 0) is 11.6 Å². The van der Waals surface area contributed by atoms with Crippen LogP contribution in [0.25, 0.3) is 0 Å². The quantitative estimate of drug-likeness (QED) is 0.677. The summed E-state index contributed by atoms with van der Waals surface area (Å²) >= 11 is 3.28. The lowest BCUT2D eigenvalue weighted by Gasteiger charge is -2.04. The number of nitrogens with zero attached hydrogens (tertiary/aromatic N) is 3. The minimum Gasteiger partial charge on any atom is -0.308 e. The fourth-order valence-electron chi connectivity index (χ4n) is 1.76. The average molecular weight is 325 g/mol. The van der Waals surface area contributed by atoms with Crippen LogP contribution >= 0.6 is 15.9 Å². The van der Waals surface area contributed by atoms with E-state index < -0.39 is 4.92 Å². The maximum absolute atomic E-state index is 10.8. The molecule has 0 aliphatic heterocycles. The van der Waals surface area contributed by atoms with Crippen LogP contribution in [0.2, 0.25) is 0 Å². The van der Waals surface area contributed by atoms with Crippen molar-refractivity contribution in [1.82, 2.24) is 15.1 Å². The van der Waals surface area contributed by atoms with Gasteiger partial charge in [-0.25, -0.2) is 0 Å². The number of halogens is 1. The number of nitro groups is 1. The first-order valence-electron chi connectivity index (χ1n) is 5.66. The summed E-state index contributed by atoms with van der Waals surface area (Å²) in [7, 11) is 1.86. The highest BCUT2D eigenvalue weighted by molar-refractivity contribution is 9.10. The lowest BCUT2D eigenvalue weighted by Crippen LogP contribution is -2.12. The smallest absolute Gasteiger partial charge is 0.270 e. The normalized spacial score (nSPS) is 10.6. The van der Waals surface area contributed by atoms with Gasteiger partial charge in [0.05, 0.1) is 11.1 Å². The predicted octanol–water partition coefficient (Wildman–Crippen LogP) is 2.38. The highest BCUT2D eigenvalue weighted by Gasteiger charge is 2.08. The first-order chi connectivity index (χ1) is 9.04. The number of benzene rings is 1. The molecule has 1 heterocycles. The van der Waals surface area contributed by atoms with Crippen molar-refractivity contribution in [2.45, 2.75) is 13.1 Å². The summed E-state index contributed by atoms with van der Waals surface area (Å²) in [6.07, 6.45) is 3.72. The van der Waals surface area contributed by atoms with Crippen molar-refractivity contribution < 1.29 is 4.92 Å². The molecule has 0 aliphatic carbocycles. The second-order valence-electron chi connectivity index (χ2n) is 4.20. The third-order valence-corrected chi connectivity index (χ3v) is 3.03. The number of aryl methyl sites for hydroxylation is 1. The van der Waals surface area contributed by atoms with E-state index in [2.05, 4.69) is 26.3 Å². The maximum atomic E-state index is 10.8. The number of nitrogens with one attached hydrogen (secondary N) is 1. The molecule has 1 N–H and O–H groups in total. The van der Waals surface area contributed by atoms with Crippen LogP contribution in [0.5, 0.6) is 0 Å². The molecule has 0 bridgehead atoms. The SMILES string of the molecule is Cn1cc(CNCc2cc(Br)cc([N+](=O)[O-])c2)cn1. The lowest BCUT2D eigenvalue weighted by molar-refractivity contribution is -0.385. The Morgan fingerprint density at radius 3 is 2.74 bits per heavy atom. The topological polar surface area (TPSA) is 73.0 Å². The summed E-state index contributed by atoms with van der Waals surface area (Å²) in [5.41, 5.74) is 2.03. The molecule has 0 saturated heterocycles. The number of rotatable bonds is 5. The second kappa shape index (κ2) is 5.94. The molecule has 0 spiro atoms. The Kier molecular flexibility index (Phi) is 4.28. The molecule has 7 heteroatoms. The first-order valence-corrected chi connectivity index (χ1v) is 6.46. The third-order valence-electron chi connectivity index (χ3n) is 2.57. The molecule has 19 heavy (non-hydrogen) atoms. The van der Waals surface area contributed by atoms with E-state index in [0.717, 1.165) is 11.1 Å². The largest absolute Gasteiger partial charge is 0.308 e. The molecule has 0 aliphatic rings. The molecule has 0 fully saturated rings. The van der Waals surface area contributed by atoms with E-state index in [-0.39, 0.29) is 5.69 Å². The summed E-state index contributed by atoms with van der Waals surface area (Å²) in [5.74, 6) is 0. The maximum Gasteiger partial charge on any atom is 0.270 e. The van der Waals surface area contributed by atoms with Crippen LogP contribution in [-0.2, 0) is 20.1 Å². The molecule has 2 rings (SSSR count). The first kappa shape index (κ1) is 13.7. The van der Waals surface area contributed by atoms with Gasteiger partial charge in [0.15, 0.2) is 0 Å². The Hall–Kier alpha value is -1.73. The van der Waals surface area contributed by atoms with Crippen LogP contribution in [0.4, 0.5) is 5.69 Å². The van der Waals surface area contributed by atoms with Gasteiger partial charge in [0, 0.05) is 48.5 Å². The molecule has 0 unspecified atom stereocenters. The fraction of sp³-hybridized carbons (Fsp3) is 0.250. The molecule has 1 aromatic carbocycles. The Bertz CT molecular complexity index is 597. The van der Waals surface area contributed by atoms with E-state index in [1.165, 1.54) is 6.07 Å². The summed E-state index contributed by atoms with van der Waals surface area (Å²) in [5, 5.41) is 18.1. The van der Waals surface area contributed by atoms with Crippen LogP contribution in [0.3, 0.4) is 0 Å². The van der Waals surface area contributed by atoms with Crippen LogP contribution in [0.15, 0.2) is 35.1 Å². The van der Waals surface area contributed by atoms with Crippen molar-refractivity contribution in [3.05, 3.63) is 56.3 Å². The highest BCUT2D eigenvalue weighted by atomic mass is 79.9. The van der Waals surface area contributed by atoms with Gasteiger partial charge in [0.2, 0.25) is 0 Å². The average Bonchev–Trinajstić information content (AvgIpc) is 2.74. The molecule has 100 valence electrons. The molecule has 6 nitrogen and oxygen atoms in total. The monoisotopic (exact) mass is 324 g/mol. The van der Waals surface area contributed by atoms with Gasteiger partial charge >= 0.3 is 0 Å². The zero-order valence-electron chi connectivity index (χ0n) is 10.3. The zero-order chi connectivity index (χ0) is 13.8. The van der Waals surface area contributed by atoms with Crippen LogP contribution < -0.4 is 5.32 Å². The third kappa shape index (κ3) is 3.87. The number of hydrogen-bond acceptors (Lipinski definition) is 4. The molecule has 1 aromatic heterocycles. The standard InChI is InChI=1S/C12H13BrN4O2/c1-16-8-10(7-15-16)6-14-5-9-2-11(13)4-12(3-9)17(18)19/h2-4,7-8,14H,5-6H2,1H3. The van der Waals surface area contributed by atoms with E-state index in [0.29, 0.717) is 17.6 Å². The minimum absolute atomic E-state index is 0.0903. The van der Waals surface area contributed by atoms with E-state index in [9.17, 15) is 10.1 Å². The Balaban J connectivity index is 1.97. The Labute approximate surface area is 118 Å². The van der Waals surface area contributed by atoms with E-state index >= 15 is 0 Å². The van der Waals surface area contributed by atoms with Gasteiger partial charge in [-0.2, -0.15) is 5.10 Å². The Morgan fingerprint density at radius 1 is 1.37 bits per heavy atom. The molecule has 0 radical (unpaired) electrons. The molecular formula is C12H13BrN4O2. The lowest BCUT2D eigenvalue weighted by atomic mass is 10.2. The molecule has 0 saturated carbocycles. The van der Waals surface area contributed by atoms with Crippen LogP contribution in [0.1, 0.15) is 11.1 Å². The van der Waals surface area contributed by atoms with Gasteiger partial charge in [-0.3, -0.25) is 14.8 Å². The Morgan fingerprint density at radius 2 is 2.11 bits per heavy atom. The number of hydrogen-bond donors (Lipinski definition) is 1.